The Morgan fingerprint density at radius 3 is 2.56 bits per heavy atom. The number of carbonyl (C=O) groups is 1. The molecular formula is C20H26N2O4S. The number of nitrogens with one attached hydrogen (secondary N) is 1. The summed E-state index contributed by atoms with van der Waals surface area (Å²) in [6.07, 6.45) is 1.40. The van der Waals surface area contributed by atoms with E-state index < -0.39 is 10.0 Å². The summed E-state index contributed by atoms with van der Waals surface area (Å²) in [4.78, 5) is 12.2. The molecule has 2 rings (SSSR count). The van der Waals surface area contributed by atoms with Crippen molar-refractivity contribution in [1.29, 1.82) is 0 Å². The maximum Gasteiger partial charge on any atom is 0.232 e. The zero-order chi connectivity index (χ0) is 19.9. The SMILES string of the molecule is CCOc1ccccc1N(CCNC(=O)Cc1cccc(C)c1)S(C)(=O)=O. The third-order valence-electron chi connectivity index (χ3n) is 3.92. The molecule has 0 aliphatic carbocycles. The second-order valence-electron chi connectivity index (χ2n) is 6.25. The van der Waals surface area contributed by atoms with Gasteiger partial charge in [0.1, 0.15) is 5.75 Å². The van der Waals surface area contributed by atoms with Crippen LogP contribution >= 0.6 is 0 Å². The first-order valence-electron chi connectivity index (χ1n) is 8.83. The first-order valence-corrected chi connectivity index (χ1v) is 10.7. The monoisotopic (exact) mass is 390 g/mol. The summed E-state index contributed by atoms with van der Waals surface area (Å²) in [5.41, 5.74) is 2.49. The average Bonchev–Trinajstić information content (AvgIpc) is 2.59. The van der Waals surface area contributed by atoms with Crippen LogP contribution in [0.4, 0.5) is 5.69 Å². The fourth-order valence-corrected chi connectivity index (χ4v) is 3.70. The minimum Gasteiger partial charge on any atom is -0.492 e. The predicted octanol–water partition coefficient (Wildman–Crippen LogP) is 2.52. The Morgan fingerprint density at radius 2 is 1.89 bits per heavy atom. The van der Waals surface area contributed by atoms with Gasteiger partial charge in [-0.1, -0.05) is 42.0 Å². The normalized spacial score (nSPS) is 11.1. The number of amides is 1. The zero-order valence-electron chi connectivity index (χ0n) is 15.9. The standard InChI is InChI=1S/C20H26N2O4S/c1-4-26-19-11-6-5-10-18(19)22(27(3,24)25)13-12-21-20(23)15-17-9-7-8-16(2)14-17/h5-11,14H,4,12-13,15H2,1-3H3,(H,21,23). The summed E-state index contributed by atoms with van der Waals surface area (Å²) < 4.78 is 31.3. The maximum atomic E-state index is 12.3. The van der Waals surface area contributed by atoms with Crippen LogP contribution in [0.15, 0.2) is 48.5 Å². The summed E-state index contributed by atoms with van der Waals surface area (Å²) >= 11 is 0. The van der Waals surface area contributed by atoms with E-state index in [0.29, 0.717) is 18.0 Å². The van der Waals surface area contributed by atoms with Crippen molar-refractivity contribution in [1.82, 2.24) is 5.32 Å². The number of rotatable bonds is 9. The van der Waals surface area contributed by atoms with Crippen molar-refractivity contribution in [2.45, 2.75) is 20.3 Å². The molecule has 1 amide bonds. The average molecular weight is 391 g/mol. The van der Waals surface area contributed by atoms with E-state index >= 15 is 0 Å². The van der Waals surface area contributed by atoms with Crippen LogP contribution in [0.3, 0.4) is 0 Å². The van der Waals surface area contributed by atoms with E-state index in [2.05, 4.69) is 5.32 Å². The number of carbonyl (C=O) groups excluding carboxylic acids is 1. The van der Waals surface area contributed by atoms with Gasteiger partial charge in [0.05, 0.1) is 31.5 Å². The van der Waals surface area contributed by atoms with Crippen molar-refractivity contribution < 1.29 is 17.9 Å². The summed E-state index contributed by atoms with van der Waals surface area (Å²) in [5, 5.41) is 2.79. The molecule has 0 spiro atoms. The van der Waals surface area contributed by atoms with Gasteiger partial charge < -0.3 is 10.1 Å². The molecule has 7 heteroatoms. The molecule has 0 bridgehead atoms. The molecule has 0 aliphatic heterocycles. The summed E-state index contributed by atoms with van der Waals surface area (Å²) in [5.74, 6) is 0.351. The highest BCUT2D eigenvalue weighted by Crippen LogP contribution is 2.29. The zero-order valence-corrected chi connectivity index (χ0v) is 16.8. The highest BCUT2D eigenvalue weighted by atomic mass is 32.2. The van der Waals surface area contributed by atoms with Crippen LogP contribution < -0.4 is 14.4 Å². The second-order valence-corrected chi connectivity index (χ2v) is 8.16. The van der Waals surface area contributed by atoms with Gasteiger partial charge in [-0.05, 0) is 31.5 Å². The Balaban J connectivity index is 2.03. The number of para-hydroxylation sites is 2. The van der Waals surface area contributed by atoms with Crippen LogP contribution in [0.1, 0.15) is 18.1 Å². The molecule has 27 heavy (non-hydrogen) atoms. The second kappa shape index (κ2) is 9.41. The van der Waals surface area contributed by atoms with Crippen LogP contribution in [0.5, 0.6) is 5.75 Å². The lowest BCUT2D eigenvalue weighted by Gasteiger charge is -2.24. The van der Waals surface area contributed by atoms with Crippen LogP contribution in [0.2, 0.25) is 0 Å². The van der Waals surface area contributed by atoms with E-state index in [0.717, 1.165) is 17.4 Å². The van der Waals surface area contributed by atoms with Gasteiger partial charge in [0.2, 0.25) is 15.9 Å². The highest BCUT2D eigenvalue weighted by molar-refractivity contribution is 7.92. The molecule has 146 valence electrons. The maximum absolute atomic E-state index is 12.3. The largest absolute Gasteiger partial charge is 0.492 e. The van der Waals surface area contributed by atoms with Gasteiger partial charge in [0.25, 0.3) is 0 Å². The lowest BCUT2D eigenvalue weighted by molar-refractivity contribution is -0.120. The number of anilines is 1. The fraction of sp³-hybridized carbons (Fsp3) is 0.350. The number of hydrogen-bond acceptors (Lipinski definition) is 4. The number of aryl methyl sites for hydroxylation is 1. The molecule has 0 saturated heterocycles. The smallest absolute Gasteiger partial charge is 0.232 e. The number of sulfonamides is 1. The molecule has 0 atom stereocenters. The lowest BCUT2D eigenvalue weighted by atomic mass is 10.1. The third kappa shape index (κ3) is 6.29. The Hall–Kier alpha value is -2.54. The van der Waals surface area contributed by atoms with E-state index in [1.54, 1.807) is 24.3 Å². The number of benzene rings is 2. The molecule has 6 nitrogen and oxygen atoms in total. The molecule has 0 saturated carbocycles. The minimum atomic E-state index is -3.52. The van der Waals surface area contributed by atoms with E-state index in [1.807, 2.05) is 38.1 Å². The van der Waals surface area contributed by atoms with Crippen molar-refractivity contribution >= 4 is 21.6 Å². The number of ether oxygens (including phenoxy) is 1. The van der Waals surface area contributed by atoms with Gasteiger partial charge in [-0.25, -0.2) is 8.42 Å². The number of nitrogens with zero attached hydrogens (tertiary/aromatic N) is 1. The Labute approximate surface area is 161 Å². The first-order chi connectivity index (χ1) is 12.8. The van der Waals surface area contributed by atoms with Crippen LogP contribution in [-0.4, -0.2) is 40.3 Å². The molecule has 0 unspecified atom stereocenters. The van der Waals surface area contributed by atoms with Gasteiger partial charge >= 0.3 is 0 Å². The van der Waals surface area contributed by atoms with Gasteiger partial charge in [0.15, 0.2) is 0 Å². The molecule has 0 heterocycles. The summed E-state index contributed by atoms with van der Waals surface area (Å²) in [6.45, 7) is 4.58. The van der Waals surface area contributed by atoms with Gasteiger partial charge in [-0.15, -0.1) is 0 Å². The molecule has 2 aromatic rings. The molecule has 0 fully saturated rings. The Bertz CT molecular complexity index is 881. The third-order valence-corrected chi connectivity index (χ3v) is 5.10. The van der Waals surface area contributed by atoms with Crippen molar-refractivity contribution in [3.05, 3.63) is 59.7 Å². The van der Waals surface area contributed by atoms with E-state index in [-0.39, 0.29) is 25.4 Å². The Morgan fingerprint density at radius 1 is 1.15 bits per heavy atom. The van der Waals surface area contributed by atoms with E-state index in [4.69, 9.17) is 4.74 Å². The lowest BCUT2D eigenvalue weighted by Crippen LogP contribution is -2.38. The first kappa shape index (κ1) is 20.8. The Kier molecular flexibility index (Phi) is 7.24. The molecular weight excluding hydrogens is 364 g/mol. The highest BCUT2D eigenvalue weighted by Gasteiger charge is 2.21. The minimum absolute atomic E-state index is 0.127. The van der Waals surface area contributed by atoms with Crippen molar-refractivity contribution in [3.63, 3.8) is 0 Å². The van der Waals surface area contributed by atoms with Crippen molar-refractivity contribution in [2.24, 2.45) is 0 Å². The predicted molar refractivity (Wildman–Crippen MR) is 108 cm³/mol. The quantitative estimate of drug-likeness (QED) is 0.714. The van der Waals surface area contributed by atoms with Crippen LogP contribution in [0, 0.1) is 6.92 Å². The van der Waals surface area contributed by atoms with Crippen LogP contribution in [0.25, 0.3) is 0 Å². The number of hydrogen-bond donors (Lipinski definition) is 1. The molecule has 0 aromatic heterocycles. The van der Waals surface area contributed by atoms with Crippen molar-refractivity contribution in [2.75, 3.05) is 30.3 Å². The van der Waals surface area contributed by atoms with E-state index in [1.165, 1.54) is 4.31 Å². The summed E-state index contributed by atoms with van der Waals surface area (Å²) in [7, 11) is -3.52. The van der Waals surface area contributed by atoms with E-state index in [9.17, 15) is 13.2 Å². The molecule has 0 radical (unpaired) electrons. The van der Waals surface area contributed by atoms with Gasteiger partial charge in [-0.3, -0.25) is 9.10 Å². The molecule has 2 aromatic carbocycles. The topological polar surface area (TPSA) is 75.7 Å². The van der Waals surface area contributed by atoms with Crippen molar-refractivity contribution in [3.8, 4) is 5.75 Å². The fourth-order valence-electron chi connectivity index (χ4n) is 2.77. The van der Waals surface area contributed by atoms with Gasteiger partial charge in [-0.2, -0.15) is 0 Å². The molecule has 0 aliphatic rings. The summed E-state index contributed by atoms with van der Waals surface area (Å²) in [6, 6.07) is 14.7. The van der Waals surface area contributed by atoms with Crippen LogP contribution in [-0.2, 0) is 21.2 Å². The van der Waals surface area contributed by atoms with Gasteiger partial charge in [0, 0.05) is 6.54 Å². The molecule has 1 N–H and O–H groups in total.